The lowest BCUT2D eigenvalue weighted by Gasteiger charge is -2.13. The van der Waals surface area contributed by atoms with Crippen LogP contribution in [0.3, 0.4) is 0 Å². The second kappa shape index (κ2) is 5.79. The Morgan fingerprint density at radius 2 is 2.20 bits per heavy atom. The quantitative estimate of drug-likeness (QED) is 0.610. The maximum absolute atomic E-state index is 13.0. The fraction of sp³-hybridized carbons (Fsp3) is 0.308. The number of rotatable bonds is 4. The van der Waals surface area contributed by atoms with Gasteiger partial charge in [0, 0.05) is 12.1 Å². The van der Waals surface area contributed by atoms with Crippen molar-refractivity contribution in [3.63, 3.8) is 0 Å². The van der Waals surface area contributed by atoms with Crippen molar-refractivity contribution in [2.75, 3.05) is 6.54 Å². The minimum Gasteiger partial charge on any atom is -0.287 e. The molecule has 0 aliphatic carbocycles. The van der Waals surface area contributed by atoms with Crippen LogP contribution in [0.25, 0.3) is 0 Å². The largest absolute Gasteiger partial charge is 0.287 e. The molecule has 2 rings (SSSR count). The minimum atomic E-state index is -0.778. The number of nitrogens with one attached hydrogen (secondary N) is 2. The summed E-state index contributed by atoms with van der Waals surface area (Å²) in [6.07, 6.45) is -0.00386. The van der Waals surface area contributed by atoms with Crippen molar-refractivity contribution in [1.29, 1.82) is 0 Å². The van der Waals surface area contributed by atoms with E-state index in [0.717, 1.165) is 11.0 Å². The van der Waals surface area contributed by atoms with Crippen LogP contribution in [0.2, 0.25) is 0 Å². The lowest BCUT2D eigenvalue weighted by Crippen LogP contribution is -2.48. The molecule has 0 aromatic heterocycles. The molecule has 106 valence electrons. The summed E-state index contributed by atoms with van der Waals surface area (Å²) in [5, 5.41) is 0. The van der Waals surface area contributed by atoms with Gasteiger partial charge in [0.15, 0.2) is 0 Å². The number of likely N-dealkylation sites (N-methyl/N-ethyl adjacent to an activating group) is 1. The fourth-order valence-corrected chi connectivity index (χ4v) is 1.98. The van der Waals surface area contributed by atoms with E-state index >= 15 is 0 Å². The van der Waals surface area contributed by atoms with Crippen LogP contribution in [0, 0.1) is 5.82 Å². The van der Waals surface area contributed by atoms with Crippen LogP contribution in [0.4, 0.5) is 4.39 Å². The number of imide groups is 1. The standard InChI is InChI=1S/C13H14FN3O3/c1-2-17-11(18)7-10(13(17)20)15-16-12(19)8-4-3-5-9(14)6-8/h3-6,10,15H,2,7H2,1H3,(H,16,19)/t10-/m0/s1. The number of hydrogen-bond donors (Lipinski definition) is 2. The van der Waals surface area contributed by atoms with Crippen molar-refractivity contribution in [3.8, 4) is 0 Å². The topological polar surface area (TPSA) is 78.5 Å². The first-order valence-electron chi connectivity index (χ1n) is 6.18. The molecule has 3 amide bonds. The molecule has 1 aromatic rings. The number of hydrogen-bond acceptors (Lipinski definition) is 4. The van der Waals surface area contributed by atoms with Gasteiger partial charge in [-0.1, -0.05) is 6.07 Å². The third-order valence-corrected chi connectivity index (χ3v) is 3.01. The van der Waals surface area contributed by atoms with Crippen LogP contribution in [0.15, 0.2) is 24.3 Å². The number of nitrogens with zero attached hydrogens (tertiary/aromatic N) is 1. The molecule has 0 unspecified atom stereocenters. The molecule has 7 heteroatoms. The highest BCUT2D eigenvalue weighted by Gasteiger charge is 2.37. The van der Waals surface area contributed by atoms with Gasteiger partial charge < -0.3 is 0 Å². The average Bonchev–Trinajstić information content (AvgIpc) is 2.70. The number of benzene rings is 1. The van der Waals surface area contributed by atoms with E-state index in [-0.39, 0.29) is 23.8 Å². The Morgan fingerprint density at radius 3 is 2.80 bits per heavy atom. The fourth-order valence-electron chi connectivity index (χ4n) is 1.98. The van der Waals surface area contributed by atoms with E-state index in [9.17, 15) is 18.8 Å². The van der Waals surface area contributed by atoms with Crippen LogP contribution < -0.4 is 10.9 Å². The zero-order chi connectivity index (χ0) is 14.7. The maximum Gasteiger partial charge on any atom is 0.265 e. The molecule has 1 heterocycles. The molecule has 1 saturated heterocycles. The summed E-state index contributed by atoms with van der Waals surface area (Å²) in [6.45, 7) is 2.00. The SMILES string of the molecule is CCN1C(=O)C[C@H](NNC(=O)c2cccc(F)c2)C1=O. The van der Waals surface area contributed by atoms with Crippen LogP contribution in [0.5, 0.6) is 0 Å². The van der Waals surface area contributed by atoms with Crippen molar-refractivity contribution in [3.05, 3.63) is 35.6 Å². The van der Waals surface area contributed by atoms with Gasteiger partial charge in [-0.3, -0.25) is 24.7 Å². The minimum absolute atomic E-state index is 0.00386. The van der Waals surface area contributed by atoms with E-state index in [1.807, 2.05) is 0 Å². The van der Waals surface area contributed by atoms with Crippen molar-refractivity contribution < 1.29 is 18.8 Å². The Hall–Kier alpha value is -2.28. The number of carbonyl (C=O) groups excluding carboxylic acids is 3. The van der Waals surface area contributed by atoms with E-state index in [1.165, 1.54) is 18.2 Å². The van der Waals surface area contributed by atoms with E-state index in [1.54, 1.807) is 6.92 Å². The first-order valence-corrected chi connectivity index (χ1v) is 6.18. The van der Waals surface area contributed by atoms with Gasteiger partial charge in [-0.2, -0.15) is 0 Å². The summed E-state index contributed by atoms with van der Waals surface area (Å²) in [4.78, 5) is 36.1. The summed E-state index contributed by atoms with van der Waals surface area (Å²) < 4.78 is 13.0. The number of halogens is 1. The van der Waals surface area contributed by atoms with Crippen molar-refractivity contribution in [2.24, 2.45) is 0 Å². The highest BCUT2D eigenvalue weighted by atomic mass is 19.1. The van der Waals surface area contributed by atoms with Crippen molar-refractivity contribution in [1.82, 2.24) is 15.8 Å². The predicted octanol–water partition coefficient (Wildman–Crippen LogP) is 0.208. The Morgan fingerprint density at radius 1 is 1.45 bits per heavy atom. The summed E-state index contributed by atoms with van der Waals surface area (Å²) >= 11 is 0. The summed E-state index contributed by atoms with van der Waals surface area (Å²) in [6, 6.07) is 4.38. The molecule has 1 aliphatic rings. The lowest BCUT2D eigenvalue weighted by atomic mass is 10.2. The van der Waals surface area contributed by atoms with E-state index in [0.29, 0.717) is 6.54 Å². The van der Waals surface area contributed by atoms with Gasteiger partial charge in [-0.05, 0) is 25.1 Å². The molecule has 1 aromatic carbocycles. The molecule has 1 aliphatic heterocycles. The van der Waals surface area contributed by atoms with Crippen molar-refractivity contribution >= 4 is 17.7 Å². The number of likely N-dealkylation sites (tertiary alicyclic amines) is 1. The summed E-state index contributed by atoms with van der Waals surface area (Å²) in [5.74, 6) is -1.76. The molecule has 2 N–H and O–H groups in total. The lowest BCUT2D eigenvalue weighted by molar-refractivity contribution is -0.138. The number of amides is 3. The second-order valence-electron chi connectivity index (χ2n) is 4.34. The second-order valence-corrected chi connectivity index (χ2v) is 4.34. The predicted molar refractivity (Wildman–Crippen MR) is 67.8 cm³/mol. The van der Waals surface area contributed by atoms with Crippen LogP contribution >= 0.6 is 0 Å². The molecule has 0 radical (unpaired) electrons. The Kier molecular flexibility index (Phi) is 4.09. The molecule has 1 atom stereocenters. The van der Waals surface area contributed by atoms with E-state index < -0.39 is 17.8 Å². The zero-order valence-corrected chi connectivity index (χ0v) is 10.9. The Labute approximate surface area is 114 Å². The van der Waals surface area contributed by atoms with Gasteiger partial charge in [-0.25, -0.2) is 9.82 Å². The number of hydrazine groups is 1. The van der Waals surface area contributed by atoms with Crippen LogP contribution in [0.1, 0.15) is 23.7 Å². The molecule has 0 saturated carbocycles. The third-order valence-electron chi connectivity index (χ3n) is 3.01. The van der Waals surface area contributed by atoms with E-state index in [4.69, 9.17) is 0 Å². The van der Waals surface area contributed by atoms with E-state index in [2.05, 4.69) is 10.9 Å². The molecular weight excluding hydrogens is 265 g/mol. The van der Waals surface area contributed by atoms with Crippen LogP contribution in [-0.4, -0.2) is 35.2 Å². The highest BCUT2D eigenvalue weighted by molar-refractivity contribution is 6.05. The highest BCUT2D eigenvalue weighted by Crippen LogP contribution is 2.11. The van der Waals surface area contributed by atoms with Gasteiger partial charge in [0.25, 0.3) is 5.91 Å². The molecule has 6 nitrogen and oxygen atoms in total. The van der Waals surface area contributed by atoms with Crippen molar-refractivity contribution in [2.45, 2.75) is 19.4 Å². The Balaban J connectivity index is 1.95. The Bertz CT molecular complexity index is 562. The molecule has 1 fully saturated rings. The monoisotopic (exact) mass is 279 g/mol. The van der Waals surface area contributed by atoms with Gasteiger partial charge in [-0.15, -0.1) is 0 Å². The first kappa shape index (κ1) is 14.1. The third kappa shape index (κ3) is 2.83. The smallest absolute Gasteiger partial charge is 0.265 e. The van der Waals surface area contributed by atoms with Crippen LogP contribution in [-0.2, 0) is 9.59 Å². The van der Waals surface area contributed by atoms with Gasteiger partial charge in [0.2, 0.25) is 11.8 Å². The molecule has 0 bridgehead atoms. The summed E-state index contributed by atoms with van der Waals surface area (Å²) in [5.41, 5.74) is 4.94. The van der Waals surface area contributed by atoms with Gasteiger partial charge in [0.05, 0.1) is 6.42 Å². The molecule has 0 spiro atoms. The summed E-state index contributed by atoms with van der Waals surface area (Å²) in [7, 11) is 0. The maximum atomic E-state index is 13.0. The zero-order valence-electron chi connectivity index (χ0n) is 10.9. The van der Waals surface area contributed by atoms with Gasteiger partial charge >= 0.3 is 0 Å². The molecular formula is C13H14FN3O3. The average molecular weight is 279 g/mol. The normalized spacial score (nSPS) is 18.5. The number of carbonyl (C=O) groups is 3. The van der Waals surface area contributed by atoms with Gasteiger partial charge in [0.1, 0.15) is 11.9 Å². The first-order chi connectivity index (χ1) is 9.52. The molecule has 20 heavy (non-hydrogen) atoms.